The van der Waals surface area contributed by atoms with Crippen molar-refractivity contribution in [3.05, 3.63) is 35.9 Å². The summed E-state index contributed by atoms with van der Waals surface area (Å²) in [7, 11) is 0. The van der Waals surface area contributed by atoms with E-state index in [4.69, 9.17) is 0 Å². The van der Waals surface area contributed by atoms with Crippen LogP contribution in [0.5, 0.6) is 0 Å². The van der Waals surface area contributed by atoms with E-state index in [2.05, 4.69) is 22.5 Å². The summed E-state index contributed by atoms with van der Waals surface area (Å²) < 4.78 is 0. The molecule has 2 fully saturated rings. The van der Waals surface area contributed by atoms with Gasteiger partial charge in [-0.25, -0.2) is 4.79 Å². The molecular weight excluding hydrogens is 364 g/mol. The molecule has 0 radical (unpaired) electrons. The molecule has 2 saturated heterocycles. The van der Waals surface area contributed by atoms with Crippen molar-refractivity contribution in [1.29, 1.82) is 0 Å². The summed E-state index contributed by atoms with van der Waals surface area (Å²) in [4.78, 5) is 28.9. The molecule has 0 spiro atoms. The molecule has 6 nitrogen and oxygen atoms in total. The van der Waals surface area contributed by atoms with Gasteiger partial charge < -0.3 is 15.5 Å². The molecule has 1 atom stereocenters. The Morgan fingerprint density at radius 3 is 2.52 bits per heavy atom. The molecule has 0 bridgehead atoms. The van der Waals surface area contributed by atoms with Crippen molar-refractivity contribution < 1.29 is 9.59 Å². The van der Waals surface area contributed by atoms with E-state index in [-0.39, 0.29) is 11.9 Å². The molecule has 6 heteroatoms. The third-order valence-corrected chi connectivity index (χ3v) is 6.41. The molecule has 2 N–H and O–H groups in total. The molecule has 160 valence electrons. The second-order valence-corrected chi connectivity index (χ2v) is 8.34. The monoisotopic (exact) mass is 400 g/mol. The summed E-state index contributed by atoms with van der Waals surface area (Å²) in [5.74, 6) is 0.716. The maximum absolute atomic E-state index is 12.4. The number of nitrogens with zero attached hydrogens (tertiary/aromatic N) is 2. The van der Waals surface area contributed by atoms with Crippen LogP contribution >= 0.6 is 0 Å². The molecule has 29 heavy (non-hydrogen) atoms. The predicted molar refractivity (Wildman–Crippen MR) is 115 cm³/mol. The van der Waals surface area contributed by atoms with E-state index in [9.17, 15) is 9.59 Å². The standard InChI is InChI=1S/C23H36N4O2/c1-2-26-14-6-9-21(26)18-24-22(28)11-10-19-12-15-27(16-13-19)23(29)25-17-20-7-4-3-5-8-20/h3-5,7-8,19,21H,2,6,9-18H2,1H3,(H,24,28)(H,25,29). The van der Waals surface area contributed by atoms with E-state index >= 15 is 0 Å². The van der Waals surface area contributed by atoms with E-state index in [0.29, 0.717) is 24.9 Å². The lowest BCUT2D eigenvalue weighted by molar-refractivity contribution is -0.121. The average Bonchev–Trinajstić information content (AvgIpc) is 3.23. The summed E-state index contributed by atoms with van der Waals surface area (Å²) in [6.07, 6.45) is 5.93. The highest BCUT2D eigenvalue weighted by atomic mass is 16.2. The van der Waals surface area contributed by atoms with Crippen LogP contribution in [0.2, 0.25) is 0 Å². The number of benzene rings is 1. The van der Waals surface area contributed by atoms with Crippen molar-refractivity contribution in [1.82, 2.24) is 20.4 Å². The zero-order valence-corrected chi connectivity index (χ0v) is 17.7. The molecular formula is C23H36N4O2. The maximum atomic E-state index is 12.4. The van der Waals surface area contributed by atoms with Gasteiger partial charge in [0.25, 0.3) is 0 Å². The number of likely N-dealkylation sites (tertiary alicyclic amines) is 2. The Kier molecular flexibility index (Phi) is 8.35. The third-order valence-electron chi connectivity index (χ3n) is 6.41. The fraction of sp³-hybridized carbons (Fsp3) is 0.652. The minimum Gasteiger partial charge on any atom is -0.355 e. The Morgan fingerprint density at radius 1 is 1.03 bits per heavy atom. The number of piperidine rings is 1. The van der Waals surface area contributed by atoms with Crippen molar-refractivity contribution in [2.45, 2.75) is 58.0 Å². The van der Waals surface area contributed by atoms with Crippen LogP contribution < -0.4 is 10.6 Å². The second-order valence-electron chi connectivity index (χ2n) is 8.34. The number of rotatable bonds is 8. The molecule has 2 heterocycles. The van der Waals surface area contributed by atoms with Crippen molar-refractivity contribution in [3.8, 4) is 0 Å². The van der Waals surface area contributed by atoms with Crippen LogP contribution in [0.15, 0.2) is 30.3 Å². The first-order valence-electron chi connectivity index (χ1n) is 11.2. The quantitative estimate of drug-likeness (QED) is 0.705. The number of urea groups is 1. The van der Waals surface area contributed by atoms with Gasteiger partial charge in [0, 0.05) is 38.6 Å². The SMILES string of the molecule is CCN1CCCC1CNC(=O)CCC1CCN(C(=O)NCc2ccccc2)CC1. The molecule has 3 amide bonds. The first kappa shape index (κ1) is 21.6. The van der Waals surface area contributed by atoms with Crippen molar-refractivity contribution in [3.63, 3.8) is 0 Å². The Balaban J connectivity index is 1.28. The van der Waals surface area contributed by atoms with Gasteiger partial charge in [-0.15, -0.1) is 0 Å². The lowest BCUT2D eigenvalue weighted by Crippen LogP contribution is -2.44. The number of carbonyl (C=O) groups is 2. The second kappa shape index (κ2) is 11.2. The summed E-state index contributed by atoms with van der Waals surface area (Å²) in [5, 5.41) is 6.14. The van der Waals surface area contributed by atoms with Crippen LogP contribution in [-0.4, -0.2) is 60.5 Å². The molecule has 0 saturated carbocycles. The zero-order chi connectivity index (χ0) is 20.5. The zero-order valence-electron chi connectivity index (χ0n) is 17.7. The largest absolute Gasteiger partial charge is 0.355 e. The van der Waals surface area contributed by atoms with Crippen molar-refractivity contribution >= 4 is 11.9 Å². The summed E-state index contributed by atoms with van der Waals surface area (Å²) in [5.41, 5.74) is 1.11. The lowest BCUT2D eigenvalue weighted by atomic mass is 9.92. The number of amides is 3. The Labute approximate surface area is 175 Å². The maximum Gasteiger partial charge on any atom is 0.317 e. The van der Waals surface area contributed by atoms with Gasteiger partial charge in [-0.3, -0.25) is 9.69 Å². The predicted octanol–water partition coefficient (Wildman–Crippen LogP) is 2.99. The Morgan fingerprint density at radius 2 is 1.79 bits per heavy atom. The molecule has 1 unspecified atom stereocenters. The number of hydrogen-bond acceptors (Lipinski definition) is 3. The molecule has 0 aliphatic carbocycles. The highest BCUT2D eigenvalue weighted by Gasteiger charge is 2.25. The number of nitrogens with one attached hydrogen (secondary N) is 2. The Hall–Kier alpha value is -2.08. The molecule has 1 aromatic rings. The fourth-order valence-electron chi connectivity index (χ4n) is 4.51. The van der Waals surface area contributed by atoms with Crippen LogP contribution in [-0.2, 0) is 11.3 Å². The molecule has 3 rings (SSSR count). The van der Waals surface area contributed by atoms with E-state index in [1.54, 1.807) is 0 Å². The van der Waals surface area contributed by atoms with Gasteiger partial charge in [0.05, 0.1) is 0 Å². The summed E-state index contributed by atoms with van der Waals surface area (Å²) in [6.45, 7) is 7.32. The number of likely N-dealkylation sites (N-methyl/N-ethyl adjacent to an activating group) is 1. The molecule has 0 aromatic heterocycles. The molecule has 2 aliphatic heterocycles. The first-order valence-corrected chi connectivity index (χ1v) is 11.2. The van der Waals surface area contributed by atoms with Crippen LogP contribution in [0.25, 0.3) is 0 Å². The van der Waals surface area contributed by atoms with Gasteiger partial charge in [-0.1, -0.05) is 37.3 Å². The first-order chi connectivity index (χ1) is 14.2. The smallest absolute Gasteiger partial charge is 0.317 e. The average molecular weight is 401 g/mol. The van der Waals surface area contributed by atoms with E-state index in [1.165, 1.54) is 12.8 Å². The molecule has 2 aliphatic rings. The third kappa shape index (κ3) is 6.74. The van der Waals surface area contributed by atoms with Gasteiger partial charge in [-0.2, -0.15) is 0 Å². The van der Waals surface area contributed by atoms with Gasteiger partial charge in [0.15, 0.2) is 0 Å². The lowest BCUT2D eigenvalue weighted by Gasteiger charge is -2.32. The topological polar surface area (TPSA) is 64.7 Å². The van der Waals surface area contributed by atoms with Gasteiger partial charge in [0.2, 0.25) is 5.91 Å². The van der Waals surface area contributed by atoms with E-state index in [1.807, 2.05) is 35.2 Å². The van der Waals surface area contributed by atoms with Gasteiger partial charge >= 0.3 is 6.03 Å². The Bertz CT molecular complexity index is 644. The van der Waals surface area contributed by atoms with Crippen molar-refractivity contribution in [2.75, 3.05) is 32.7 Å². The van der Waals surface area contributed by atoms with Crippen LogP contribution in [0.4, 0.5) is 4.79 Å². The number of carbonyl (C=O) groups excluding carboxylic acids is 2. The highest BCUT2D eigenvalue weighted by Crippen LogP contribution is 2.22. The molecule has 1 aromatic carbocycles. The number of hydrogen-bond donors (Lipinski definition) is 2. The minimum absolute atomic E-state index is 0.0158. The van der Waals surface area contributed by atoms with Gasteiger partial charge in [0.1, 0.15) is 0 Å². The van der Waals surface area contributed by atoms with E-state index < -0.39 is 0 Å². The van der Waals surface area contributed by atoms with Crippen LogP contribution in [0.3, 0.4) is 0 Å². The summed E-state index contributed by atoms with van der Waals surface area (Å²) in [6, 6.07) is 10.5. The van der Waals surface area contributed by atoms with E-state index in [0.717, 1.165) is 57.5 Å². The summed E-state index contributed by atoms with van der Waals surface area (Å²) >= 11 is 0. The highest BCUT2D eigenvalue weighted by molar-refractivity contribution is 5.76. The normalized spacial score (nSPS) is 20.6. The van der Waals surface area contributed by atoms with Gasteiger partial charge in [-0.05, 0) is 56.7 Å². The van der Waals surface area contributed by atoms with Crippen LogP contribution in [0.1, 0.15) is 51.0 Å². The fourth-order valence-corrected chi connectivity index (χ4v) is 4.51. The van der Waals surface area contributed by atoms with Crippen molar-refractivity contribution in [2.24, 2.45) is 5.92 Å². The minimum atomic E-state index is 0.0158. The van der Waals surface area contributed by atoms with Crippen LogP contribution in [0, 0.1) is 5.92 Å².